The Kier molecular flexibility index (Phi) is 15.3. The van der Waals surface area contributed by atoms with Crippen LogP contribution in [-0.2, 0) is 16.0 Å². The Bertz CT molecular complexity index is 1840. The summed E-state index contributed by atoms with van der Waals surface area (Å²) in [6, 6.07) is 30.9. The van der Waals surface area contributed by atoms with E-state index in [0.717, 1.165) is 12.0 Å². The predicted molar refractivity (Wildman–Crippen MR) is 180 cm³/mol. The summed E-state index contributed by atoms with van der Waals surface area (Å²) in [4.78, 5) is 25.3. The van der Waals surface area contributed by atoms with Gasteiger partial charge in [-0.1, -0.05) is 60.7 Å². The molecule has 0 aliphatic carbocycles. The number of para-hydroxylation sites is 3. The smallest absolute Gasteiger partial charge is 0.317 e. The second-order valence-corrected chi connectivity index (χ2v) is 9.48. The van der Waals surface area contributed by atoms with Crippen LogP contribution in [0.15, 0.2) is 133 Å². The molecule has 11 nitrogen and oxygen atoms in total. The monoisotopic (exact) mass is 653 g/mol. The van der Waals surface area contributed by atoms with E-state index in [4.69, 9.17) is 35.4 Å². The van der Waals surface area contributed by atoms with Gasteiger partial charge in [0.2, 0.25) is 5.78 Å². The van der Waals surface area contributed by atoms with Crippen molar-refractivity contribution in [2.45, 2.75) is 6.42 Å². The number of ether oxygens (including phenoxy) is 1. The van der Waals surface area contributed by atoms with Crippen LogP contribution in [0.3, 0.4) is 0 Å². The molecular formula is C37H35NO10. The number of Topliss-reactive ketones (excluding diaryl/α,β-unsaturated/α-hetero) is 1. The van der Waals surface area contributed by atoms with Crippen LogP contribution in [0.4, 0.5) is 0 Å². The Labute approximate surface area is 276 Å². The van der Waals surface area contributed by atoms with Crippen molar-refractivity contribution in [1.82, 2.24) is 0 Å². The summed E-state index contributed by atoms with van der Waals surface area (Å²) in [5, 5.41) is 62.6. The maximum Gasteiger partial charge on any atom is 0.317 e. The molecule has 7 N–H and O–H groups in total. The van der Waals surface area contributed by atoms with Crippen LogP contribution in [0.25, 0.3) is 6.08 Å². The zero-order valence-corrected chi connectivity index (χ0v) is 25.8. The highest BCUT2D eigenvalue weighted by Crippen LogP contribution is 2.32. The van der Waals surface area contributed by atoms with Gasteiger partial charge in [-0.25, -0.2) is 4.99 Å². The van der Waals surface area contributed by atoms with Crippen LogP contribution in [0.5, 0.6) is 46.0 Å². The minimum Gasteiger partial charge on any atom is -0.508 e. The summed E-state index contributed by atoms with van der Waals surface area (Å²) < 4.78 is 4.95. The summed E-state index contributed by atoms with van der Waals surface area (Å²) in [6.45, 7) is 3.63. The van der Waals surface area contributed by atoms with E-state index in [1.165, 1.54) is 49.6 Å². The average molecular weight is 654 g/mol. The third kappa shape index (κ3) is 13.1. The van der Waals surface area contributed by atoms with Crippen LogP contribution in [0.2, 0.25) is 0 Å². The molecule has 48 heavy (non-hydrogen) atoms. The first-order valence-corrected chi connectivity index (χ1v) is 14.1. The van der Waals surface area contributed by atoms with Gasteiger partial charge in [0.25, 0.3) is 0 Å². The number of hydrogen-bond acceptors (Lipinski definition) is 10. The van der Waals surface area contributed by atoms with Crippen molar-refractivity contribution in [2.24, 2.45) is 4.99 Å². The summed E-state index contributed by atoms with van der Waals surface area (Å²) in [5.41, 5.74) is 1.08. The minimum absolute atomic E-state index is 0.0880. The number of nitrogens with zero attached hydrogens (tertiary/aromatic N) is 1. The number of fused-ring (bicyclic) bond motifs is 1. The molecule has 0 atom stereocenters. The normalized spacial score (nSPS) is 10.5. The number of carbonyl (C=O) groups excluding carboxylic acids is 2. The van der Waals surface area contributed by atoms with Crippen LogP contribution in [0, 0.1) is 0 Å². The first-order valence-electron chi connectivity index (χ1n) is 14.1. The minimum atomic E-state index is -0.686. The van der Waals surface area contributed by atoms with Crippen LogP contribution < -0.4 is 15.3 Å². The molecular weight excluding hydrogens is 618 g/mol. The number of hydrogen-bond donors (Lipinski definition) is 7. The van der Waals surface area contributed by atoms with E-state index in [9.17, 15) is 14.7 Å². The van der Waals surface area contributed by atoms with E-state index in [0.29, 0.717) is 22.1 Å². The predicted octanol–water partition coefficient (Wildman–Crippen LogP) is 4.62. The van der Waals surface area contributed by atoms with Gasteiger partial charge in [-0.05, 0) is 66.6 Å². The number of rotatable bonds is 3. The van der Waals surface area contributed by atoms with Crippen molar-refractivity contribution in [1.29, 1.82) is 0 Å². The van der Waals surface area contributed by atoms with E-state index < -0.39 is 17.4 Å². The van der Waals surface area contributed by atoms with Crippen molar-refractivity contribution >= 4 is 17.8 Å². The van der Waals surface area contributed by atoms with Gasteiger partial charge in [-0.2, -0.15) is 0 Å². The van der Waals surface area contributed by atoms with Crippen molar-refractivity contribution in [3.8, 4) is 46.0 Å². The lowest BCUT2D eigenvalue weighted by Crippen LogP contribution is -2.33. The number of aromatic hydroxyl groups is 7. The topological polar surface area (TPSA) is 197 Å². The maximum atomic E-state index is 10.9. The fraction of sp³-hybridized carbons (Fsp3) is 0.0541. The lowest BCUT2D eigenvalue weighted by atomic mass is 10.1. The Morgan fingerprint density at radius 2 is 1.21 bits per heavy atom. The summed E-state index contributed by atoms with van der Waals surface area (Å²) in [7, 11) is 1.53. The molecule has 1 aliphatic heterocycles. The number of phenols is 7. The van der Waals surface area contributed by atoms with E-state index >= 15 is 0 Å². The molecule has 0 fully saturated rings. The van der Waals surface area contributed by atoms with Gasteiger partial charge in [0.05, 0.1) is 12.5 Å². The number of phenolic OH excluding ortho intramolecular Hbond substituents is 7. The molecule has 1 amide bonds. The SMILES string of the molecule is C=CCc1ccc(O)c(OC)c1.O=C1C=c2ccccc2=NC1=O.Oc1cccc(O)c1.Oc1cccc(O)c1O.Oc1ccccc1. The highest BCUT2D eigenvalue weighted by atomic mass is 16.5. The van der Waals surface area contributed by atoms with Crippen molar-refractivity contribution in [2.75, 3.05) is 7.11 Å². The number of amides is 1. The molecule has 0 unspecified atom stereocenters. The van der Waals surface area contributed by atoms with E-state index in [-0.39, 0.29) is 28.7 Å². The molecule has 0 spiro atoms. The fourth-order valence-electron chi connectivity index (χ4n) is 3.54. The third-order valence-corrected chi connectivity index (χ3v) is 5.86. The molecule has 11 heteroatoms. The second-order valence-electron chi connectivity index (χ2n) is 9.48. The molecule has 248 valence electrons. The lowest BCUT2D eigenvalue weighted by molar-refractivity contribution is -0.132. The molecule has 5 aromatic carbocycles. The zero-order valence-electron chi connectivity index (χ0n) is 25.8. The molecule has 5 aromatic rings. The Balaban J connectivity index is 0.000000212. The zero-order chi connectivity index (χ0) is 35.5. The van der Waals surface area contributed by atoms with Crippen molar-refractivity contribution in [3.05, 3.63) is 144 Å². The first kappa shape index (κ1) is 37.4. The lowest BCUT2D eigenvalue weighted by Gasteiger charge is -2.04. The highest BCUT2D eigenvalue weighted by Gasteiger charge is 2.12. The van der Waals surface area contributed by atoms with E-state index in [1.54, 1.807) is 66.7 Å². The van der Waals surface area contributed by atoms with Gasteiger partial charge >= 0.3 is 5.91 Å². The molecule has 1 aliphatic rings. The molecule has 0 bridgehead atoms. The van der Waals surface area contributed by atoms with Crippen molar-refractivity contribution in [3.63, 3.8) is 0 Å². The number of carbonyl (C=O) groups is 2. The van der Waals surface area contributed by atoms with Gasteiger partial charge in [-0.3, -0.25) is 9.59 Å². The quantitative estimate of drug-likeness (QED) is 0.0820. The highest BCUT2D eigenvalue weighted by molar-refractivity contribution is 6.48. The van der Waals surface area contributed by atoms with Crippen LogP contribution >= 0.6 is 0 Å². The van der Waals surface area contributed by atoms with E-state index in [2.05, 4.69) is 11.6 Å². The Hall–Kier alpha value is -6.75. The number of methoxy groups -OCH3 is 1. The van der Waals surface area contributed by atoms with Crippen LogP contribution in [0.1, 0.15) is 5.56 Å². The maximum absolute atomic E-state index is 10.9. The standard InChI is InChI=1S/C10H12O2.C9H5NO2.C6H6O3.C6H6O2.C6H6O/c1-3-4-8-5-6-9(11)10(7-8)12-2;11-8-5-6-3-1-2-4-7(6)10-9(8)12;7-4-2-1-3-5(8)6(4)9;7-5-2-1-3-6(8)4-5;7-6-4-2-1-3-5-6/h3,5-7,11H,1,4H2,2H3;1-5H;1-3,7-9H;1-4,7-8H;1-5,7H. The Morgan fingerprint density at radius 1 is 0.646 bits per heavy atom. The van der Waals surface area contributed by atoms with E-state index in [1.807, 2.05) is 18.2 Å². The van der Waals surface area contributed by atoms with Gasteiger partial charge < -0.3 is 40.5 Å². The molecule has 0 radical (unpaired) electrons. The van der Waals surface area contributed by atoms with Gasteiger partial charge in [0.15, 0.2) is 28.7 Å². The second kappa shape index (κ2) is 19.6. The Morgan fingerprint density at radius 3 is 1.71 bits per heavy atom. The molecule has 0 aromatic heterocycles. The number of allylic oxidation sites excluding steroid dienone is 1. The van der Waals surface area contributed by atoms with Gasteiger partial charge in [0.1, 0.15) is 17.2 Å². The first-order chi connectivity index (χ1) is 22.9. The summed E-state index contributed by atoms with van der Waals surface area (Å²) in [6.07, 6.45) is 3.91. The van der Waals surface area contributed by atoms with Crippen LogP contribution in [-0.4, -0.2) is 54.5 Å². The largest absolute Gasteiger partial charge is 0.508 e. The summed E-state index contributed by atoms with van der Waals surface area (Å²) in [5.74, 6) is -1.15. The molecule has 0 saturated heterocycles. The third-order valence-electron chi connectivity index (χ3n) is 5.86. The fourth-order valence-corrected chi connectivity index (χ4v) is 3.54. The molecule has 0 saturated carbocycles. The van der Waals surface area contributed by atoms with Gasteiger partial charge in [0, 0.05) is 17.4 Å². The number of benzene rings is 5. The summed E-state index contributed by atoms with van der Waals surface area (Å²) >= 11 is 0. The average Bonchev–Trinajstić information content (AvgIpc) is 3.07. The molecule has 1 heterocycles. The van der Waals surface area contributed by atoms with Crippen molar-refractivity contribution < 1.29 is 50.1 Å². The molecule has 6 rings (SSSR count). The van der Waals surface area contributed by atoms with Gasteiger partial charge in [-0.15, -0.1) is 6.58 Å². The number of ketones is 1.